The van der Waals surface area contributed by atoms with Crippen LogP contribution >= 0.6 is 11.6 Å². The lowest BCUT2D eigenvalue weighted by Gasteiger charge is -2.32. The number of aromatic nitrogens is 1. The molecule has 28 heavy (non-hydrogen) atoms. The Bertz CT molecular complexity index is 908. The number of amides is 2. The number of rotatable bonds is 2. The molecule has 2 saturated heterocycles. The summed E-state index contributed by atoms with van der Waals surface area (Å²) in [5.41, 5.74) is 7.48. The Hall–Kier alpha value is -2.54. The van der Waals surface area contributed by atoms with Crippen LogP contribution in [0.2, 0.25) is 5.02 Å². The van der Waals surface area contributed by atoms with Crippen molar-refractivity contribution in [1.82, 2.24) is 14.8 Å². The highest BCUT2D eigenvalue weighted by Crippen LogP contribution is 2.46. The van der Waals surface area contributed by atoms with E-state index in [-0.39, 0.29) is 29.7 Å². The summed E-state index contributed by atoms with van der Waals surface area (Å²) in [6, 6.07) is 8.00. The molecule has 3 heterocycles. The first kappa shape index (κ1) is 18.8. The van der Waals surface area contributed by atoms with Gasteiger partial charge in [0, 0.05) is 51.8 Å². The van der Waals surface area contributed by atoms with E-state index in [0.29, 0.717) is 29.6 Å². The Balaban J connectivity index is 1.66. The van der Waals surface area contributed by atoms with Gasteiger partial charge in [-0.05, 0) is 23.8 Å². The molecule has 0 unspecified atom stereocenters. The quantitative estimate of drug-likeness (QED) is 0.835. The summed E-state index contributed by atoms with van der Waals surface area (Å²) >= 11 is 5.98. The normalized spacial score (nSPS) is 23.8. The lowest BCUT2D eigenvalue weighted by molar-refractivity contribution is 0.159. The van der Waals surface area contributed by atoms with Crippen LogP contribution in [0.4, 0.5) is 20.7 Å². The van der Waals surface area contributed by atoms with Crippen molar-refractivity contribution in [3.63, 3.8) is 0 Å². The number of nitrogens with zero attached hydrogens (tertiary/aromatic N) is 4. The van der Waals surface area contributed by atoms with Crippen molar-refractivity contribution in [3.8, 4) is 0 Å². The molecule has 1 aromatic heterocycles. The average molecular weight is 404 g/mol. The van der Waals surface area contributed by atoms with Gasteiger partial charge in [0.25, 0.3) is 0 Å². The highest BCUT2D eigenvalue weighted by Gasteiger charge is 2.50. The lowest BCUT2D eigenvalue weighted by Crippen LogP contribution is -2.41. The number of nitrogen functional groups attached to an aromatic ring is 1. The van der Waals surface area contributed by atoms with Crippen molar-refractivity contribution in [2.75, 3.05) is 44.4 Å². The van der Waals surface area contributed by atoms with Crippen molar-refractivity contribution < 1.29 is 9.18 Å². The van der Waals surface area contributed by atoms with Crippen LogP contribution < -0.4 is 10.6 Å². The molecule has 2 N–H and O–H groups in total. The van der Waals surface area contributed by atoms with Gasteiger partial charge in [0.05, 0.1) is 16.8 Å². The van der Waals surface area contributed by atoms with Crippen molar-refractivity contribution in [1.29, 1.82) is 0 Å². The van der Waals surface area contributed by atoms with Crippen molar-refractivity contribution in [2.45, 2.75) is 6.04 Å². The maximum atomic E-state index is 13.9. The number of hydrogen-bond donors (Lipinski definition) is 1. The summed E-state index contributed by atoms with van der Waals surface area (Å²) in [4.78, 5) is 22.8. The van der Waals surface area contributed by atoms with E-state index in [1.54, 1.807) is 37.3 Å². The number of halogens is 2. The minimum absolute atomic E-state index is 0.0562. The van der Waals surface area contributed by atoms with Crippen LogP contribution in [0.25, 0.3) is 0 Å². The zero-order valence-corrected chi connectivity index (χ0v) is 16.6. The van der Waals surface area contributed by atoms with Crippen LogP contribution in [-0.2, 0) is 0 Å². The molecular formula is C20H23ClFN5O. The number of anilines is 2. The first-order chi connectivity index (χ1) is 13.3. The molecule has 0 radical (unpaired) electrons. The van der Waals surface area contributed by atoms with E-state index in [0.717, 1.165) is 12.1 Å². The van der Waals surface area contributed by atoms with E-state index in [2.05, 4.69) is 9.88 Å². The van der Waals surface area contributed by atoms with Gasteiger partial charge in [-0.3, -0.25) is 0 Å². The molecule has 0 aliphatic carbocycles. The maximum Gasteiger partial charge on any atom is 0.320 e. The van der Waals surface area contributed by atoms with Crippen molar-refractivity contribution in [2.24, 2.45) is 11.8 Å². The van der Waals surface area contributed by atoms with Gasteiger partial charge in [0.1, 0.15) is 5.82 Å². The van der Waals surface area contributed by atoms with Gasteiger partial charge in [-0.25, -0.2) is 14.2 Å². The summed E-state index contributed by atoms with van der Waals surface area (Å²) in [7, 11) is 3.48. The zero-order valence-electron chi connectivity index (χ0n) is 15.8. The second kappa shape index (κ2) is 7.13. The fourth-order valence-corrected chi connectivity index (χ4v) is 4.67. The second-order valence-corrected chi connectivity index (χ2v) is 8.16. The van der Waals surface area contributed by atoms with Crippen molar-refractivity contribution in [3.05, 3.63) is 52.9 Å². The van der Waals surface area contributed by atoms with E-state index >= 15 is 0 Å². The van der Waals surface area contributed by atoms with Crippen LogP contribution in [-0.4, -0.2) is 54.5 Å². The molecule has 1 aromatic carbocycles. The molecule has 4 rings (SSSR count). The highest BCUT2D eigenvalue weighted by atomic mass is 35.5. The number of hydrogen-bond acceptors (Lipinski definition) is 4. The van der Waals surface area contributed by atoms with Gasteiger partial charge in [0.2, 0.25) is 0 Å². The molecule has 0 bridgehead atoms. The summed E-state index contributed by atoms with van der Waals surface area (Å²) in [5, 5.41) is 0.501. The lowest BCUT2D eigenvalue weighted by atomic mass is 9.89. The van der Waals surface area contributed by atoms with E-state index in [1.807, 2.05) is 11.0 Å². The van der Waals surface area contributed by atoms with Crippen LogP contribution in [0.5, 0.6) is 0 Å². The molecular weight excluding hydrogens is 381 g/mol. The van der Waals surface area contributed by atoms with Crippen LogP contribution in [0, 0.1) is 17.7 Å². The zero-order chi connectivity index (χ0) is 20.0. The number of fused-ring (bicyclic) bond motifs is 1. The third-order valence-electron chi connectivity index (χ3n) is 5.64. The number of pyridine rings is 1. The van der Waals surface area contributed by atoms with Crippen molar-refractivity contribution >= 4 is 29.1 Å². The summed E-state index contributed by atoms with van der Waals surface area (Å²) in [6.45, 7) is 2.06. The minimum Gasteiger partial charge on any atom is -0.396 e. The maximum absolute atomic E-state index is 13.9. The van der Waals surface area contributed by atoms with E-state index < -0.39 is 0 Å². The first-order valence-corrected chi connectivity index (χ1v) is 9.62. The number of urea groups is 1. The molecule has 2 aliphatic heterocycles. The second-order valence-electron chi connectivity index (χ2n) is 7.72. The van der Waals surface area contributed by atoms with Crippen LogP contribution in [0.1, 0.15) is 11.6 Å². The molecule has 2 aliphatic rings. The highest BCUT2D eigenvalue weighted by molar-refractivity contribution is 6.30. The minimum atomic E-state index is -0.295. The Morgan fingerprint density at radius 3 is 2.75 bits per heavy atom. The molecule has 8 heteroatoms. The van der Waals surface area contributed by atoms with Crippen LogP contribution in [0.15, 0.2) is 36.5 Å². The molecule has 2 aromatic rings. The number of benzene rings is 1. The van der Waals surface area contributed by atoms with Gasteiger partial charge >= 0.3 is 6.03 Å². The van der Waals surface area contributed by atoms with Gasteiger partial charge < -0.3 is 20.4 Å². The summed E-state index contributed by atoms with van der Waals surface area (Å²) < 4.78 is 13.9. The number of likely N-dealkylation sites (tertiary alicyclic amines) is 1. The monoisotopic (exact) mass is 403 g/mol. The van der Waals surface area contributed by atoms with Gasteiger partial charge in [-0.1, -0.05) is 23.7 Å². The Morgan fingerprint density at radius 2 is 2.07 bits per heavy atom. The SMILES string of the molecule is CN(C)C(=O)N1C[C@H]2CN(c3ncc(Cl)cc3N)C[C@H]2[C@@H]1c1cccc(F)c1. The molecule has 0 saturated carbocycles. The topological polar surface area (TPSA) is 65.7 Å². The predicted molar refractivity (Wildman–Crippen MR) is 108 cm³/mol. The Labute approximate surface area is 168 Å². The van der Waals surface area contributed by atoms with Gasteiger partial charge in [-0.15, -0.1) is 0 Å². The summed E-state index contributed by atoms with van der Waals surface area (Å²) in [6.07, 6.45) is 1.59. The summed E-state index contributed by atoms with van der Waals surface area (Å²) in [5.74, 6) is 0.843. The molecule has 6 nitrogen and oxygen atoms in total. The Morgan fingerprint density at radius 1 is 1.29 bits per heavy atom. The fourth-order valence-electron chi connectivity index (χ4n) is 4.50. The number of carbonyl (C=O) groups excluding carboxylic acids is 1. The van der Waals surface area contributed by atoms with Gasteiger partial charge in [-0.2, -0.15) is 0 Å². The van der Waals surface area contributed by atoms with Gasteiger partial charge in [0.15, 0.2) is 5.82 Å². The average Bonchev–Trinajstić information content (AvgIpc) is 3.18. The molecule has 148 valence electrons. The van der Waals surface area contributed by atoms with E-state index in [1.165, 1.54) is 12.1 Å². The molecule has 2 fully saturated rings. The third-order valence-corrected chi connectivity index (χ3v) is 5.85. The smallest absolute Gasteiger partial charge is 0.320 e. The number of carbonyl (C=O) groups is 1. The predicted octanol–water partition coefficient (Wildman–Crippen LogP) is 3.25. The molecule has 2 amide bonds. The Kier molecular flexibility index (Phi) is 4.79. The van der Waals surface area contributed by atoms with E-state index in [4.69, 9.17) is 17.3 Å². The van der Waals surface area contributed by atoms with Crippen LogP contribution in [0.3, 0.4) is 0 Å². The molecule has 0 spiro atoms. The fraction of sp³-hybridized carbons (Fsp3) is 0.400. The largest absolute Gasteiger partial charge is 0.396 e. The molecule has 3 atom stereocenters. The number of nitrogens with two attached hydrogens (primary N) is 1. The van der Waals surface area contributed by atoms with E-state index in [9.17, 15) is 9.18 Å². The third kappa shape index (κ3) is 3.24. The first-order valence-electron chi connectivity index (χ1n) is 9.24. The standard InChI is InChI=1S/C20H23ClFN5O/c1-25(2)20(28)27-10-13-9-26(19-17(23)7-14(21)8-24-19)11-16(13)18(27)12-4-3-5-15(22)6-12/h3-8,13,16,18H,9-11,23H2,1-2H3/t13-,16-,18+/m1/s1.